The summed E-state index contributed by atoms with van der Waals surface area (Å²) in [6.07, 6.45) is 3.15. The van der Waals surface area contributed by atoms with Gasteiger partial charge in [-0.15, -0.1) is 11.8 Å². The van der Waals surface area contributed by atoms with E-state index in [1.165, 1.54) is 35.5 Å². The van der Waals surface area contributed by atoms with Crippen molar-refractivity contribution in [3.63, 3.8) is 0 Å². The minimum absolute atomic E-state index is 0.249. The predicted molar refractivity (Wildman–Crippen MR) is 128 cm³/mol. The molecular weight excluding hydrogens is 404 g/mol. The molecule has 31 heavy (non-hydrogen) atoms. The summed E-state index contributed by atoms with van der Waals surface area (Å²) in [6.45, 7) is 4.19. The number of ether oxygens (including phenoxy) is 2. The van der Waals surface area contributed by atoms with Crippen molar-refractivity contribution >= 4 is 17.7 Å². The third-order valence-corrected chi connectivity index (χ3v) is 6.03. The third kappa shape index (κ3) is 7.48. The molecule has 0 N–H and O–H groups in total. The van der Waals surface area contributed by atoms with Crippen molar-refractivity contribution in [2.24, 2.45) is 0 Å². The van der Waals surface area contributed by atoms with Crippen LogP contribution in [0, 0.1) is 0 Å². The van der Waals surface area contributed by atoms with Crippen LogP contribution >= 0.6 is 11.8 Å². The zero-order chi connectivity index (χ0) is 21.9. The van der Waals surface area contributed by atoms with Gasteiger partial charge < -0.3 is 9.47 Å². The van der Waals surface area contributed by atoms with E-state index >= 15 is 0 Å². The first-order chi connectivity index (χ1) is 15.2. The zero-order valence-electron chi connectivity index (χ0n) is 18.3. The molecule has 3 aromatic rings. The predicted octanol–water partition coefficient (Wildman–Crippen LogP) is 7.15. The van der Waals surface area contributed by atoms with E-state index in [0.717, 1.165) is 11.1 Å². The Morgan fingerprint density at radius 3 is 2.16 bits per heavy atom. The molecule has 162 valence electrons. The number of hydrogen-bond donors (Lipinski definition) is 0. The molecule has 0 aliphatic heterocycles. The van der Waals surface area contributed by atoms with Crippen molar-refractivity contribution in [3.05, 3.63) is 84.4 Å². The monoisotopic (exact) mass is 434 g/mol. The lowest BCUT2D eigenvalue weighted by Crippen LogP contribution is -2.26. The smallest absolute Gasteiger partial charge is 0.347 e. The van der Waals surface area contributed by atoms with E-state index in [9.17, 15) is 4.79 Å². The van der Waals surface area contributed by atoms with E-state index in [1.54, 1.807) is 6.92 Å². The lowest BCUT2D eigenvalue weighted by molar-refractivity contribution is -0.152. The summed E-state index contributed by atoms with van der Waals surface area (Å²) >= 11 is 1.91. The van der Waals surface area contributed by atoms with Gasteiger partial charge in [0.15, 0.2) is 6.10 Å². The van der Waals surface area contributed by atoms with E-state index in [2.05, 4.69) is 31.2 Å². The topological polar surface area (TPSA) is 35.5 Å². The summed E-state index contributed by atoms with van der Waals surface area (Å²) in [4.78, 5) is 13.5. The van der Waals surface area contributed by atoms with Crippen LogP contribution in [0.15, 0.2) is 83.8 Å². The second kappa shape index (κ2) is 12.2. The molecule has 0 aliphatic carbocycles. The minimum atomic E-state index is -0.668. The van der Waals surface area contributed by atoms with Crippen LogP contribution in [0.5, 0.6) is 5.75 Å². The lowest BCUT2D eigenvalue weighted by atomic mass is 10.1. The van der Waals surface area contributed by atoms with Gasteiger partial charge in [0.05, 0.1) is 0 Å². The first kappa shape index (κ1) is 23.0. The summed E-state index contributed by atoms with van der Waals surface area (Å²) in [7, 11) is 0. The average molecular weight is 435 g/mol. The van der Waals surface area contributed by atoms with Gasteiger partial charge in [0, 0.05) is 4.90 Å². The second-order valence-corrected chi connectivity index (χ2v) is 8.63. The summed E-state index contributed by atoms with van der Waals surface area (Å²) < 4.78 is 11.1. The van der Waals surface area contributed by atoms with Crippen LogP contribution in [-0.2, 0) is 16.1 Å². The van der Waals surface area contributed by atoms with Crippen molar-refractivity contribution in [3.8, 4) is 16.9 Å². The first-order valence-electron chi connectivity index (χ1n) is 10.9. The molecule has 0 aromatic heterocycles. The van der Waals surface area contributed by atoms with Crippen LogP contribution in [0.2, 0.25) is 0 Å². The molecule has 0 amide bonds. The number of benzene rings is 3. The van der Waals surface area contributed by atoms with E-state index in [0.29, 0.717) is 5.75 Å². The largest absolute Gasteiger partial charge is 0.479 e. The van der Waals surface area contributed by atoms with Gasteiger partial charge in [-0.1, -0.05) is 74.4 Å². The fourth-order valence-corrected chi connectivity index (χ4v) is 4.02. The maximum Gasteiger partial charge on any atom is 0.347 e. The first-order valence-corrected chi connectivity index (χ1v) is 11.8. The molecule has 4 heteroatoms. The van der Waals surface area contributed by atoms with Crippen molar-refractivity contribution in [1.29, 1.82) is 0 Å². The van der Waals surface area contributed by atoms with Gasteiger partial charge in [-0.25, -0.2) is 4.79 Å². The molecule has 0 aliphatic rings. The van der Waals surface area contributed by atoms with Crippen molar-refractivity contribution in [1.82, 2.24) is 0 Å². The number of esters is 1. The molecule has 0 fully saturated rings. The molecule has 0 spiro atoms. The molecule has 0 radical (unpaired) electrons. The molecule has 0 saturated carbocycles. The van der Waals surface area contributed by atoms with Gasteiger partial charge in [-0.3, -0.25) is 0 Å². The van der Waals surface area contributed by atoms with Gasteiger partial charge in [0.2, 0.25) is 0 Å². The van der Waals surface area contributed by atoms with Gasteiger partial charge in [0.25, 0.3) is 0 Å². The molecule has 0 heterocycles. The summed E-state index contributed by atoms with van der Waals surface area (Å²) in [6, 6.07) is 26.1. The molecule has 3 rings (SSSR count). The van der Waals surface area contributed by atoms with Crippen molar-refractivity contribution < 1.29 is 14.3 Å². The van der Waals surface area contributed by atoms with Gasteiger partial charge in [-0.05, 0) is 60.1 Å². The Balaban J connectivity index is 1.49. The quantitative estimate of drug-likeness (QED) is 0.182. The average Bonchev–Trinajstić information content (AvgIpc) is 2.82. The normalized spacial score (nSPS) is 11.7. The van der Waals surface area contributed by atoms with Gasteiger partial charge in [-0.2, -0.15) is 0 Å². The third-order valence-electron chi connectivity index (χ3n) is 4.93. The Bertz CT molecular complexity index is 921. The number of carbonyl (C=O) groups is 1. The highest BCUT2D eigenvalue weighted by Gasteiger charge is 2.16. The zero-order valence-corrected chi connectivity index (χ0v) is 19.1. The Morgan fingerprint density at radius 2 is 1.52 bits per heavy atom. The van der Waals surface area contributed by atoms with Crippen LogP contribution in [0.1, 0.15) is 38.7 Å². The van der Waals surface area contributed by atoms with Crippen LogP contribution in [0.3, 0.4) is 0 Å². The molecular formula is C27H30O3S. The molecule has 0 unspecified atom stereocenters. The SMILES string of the molecule is CCCCCSc1ccc(-c2ccc(O[C@H](C)C(=O)OCc3ccccc3)cc2)cc1. The van der Waals surface area contributed by atoms with Crippen molar-refractivity contribution in [2.75, 3.05) is 5.75 Å². The molecule has 1 atom stereocenters. The summed E-state index contributed by atoms with van der Waals surface area (Å²) in [5, 5.41) is 0. The number of thioether (sulfide) groups is 1. The Labute approximate surface area is 189 Å². The maximum absolute atomic E-state index is 12.2. The van der Waals surface area contributed by atoms with Crippen LogP contribution in [0.4, 0.5) is 0 Å². The molecule has 0 bridgehead atoms. The highest BCUT2D eigenvalue weighted by Crippen LogP contribution is 2.26. The highest BCUT2D eigenvalue weighted by atomic mass is 32.2. The molecule has 3 aromatic carbocycles. The lowest BCUT2D eigenvalue weighted by Gasteiger charge is -2.14. The summed E-state index contributed by atoms with van der Waals surface area (Å²) in [5.41, 5.74) is 3.24. The van der Waals surface area contributed by atoms with Crippen LogP contribution in [-0.4, -0.2) is 17.8 Å². The van der Waals surface area contributed by atoms with Gasteiger partial charge >= 0.3 is 5.97 Å². The molecule has 3 nitrogen and oxygen atoms in total. The minimum Gasteiger partial charge on any atom is -0.479 e. The van der Waals surface area contributed by atoms with E-state index in [1.807, 2.05) is 66.4 Å². The standard InChI is InChI=1S/C27H30O3S/c1-3-4-8-19-31-26-17-13-24(14-18-26)23-11-15-25(16-12-23)30-21(2)27(28)29-20-22-9-6-5-7-10-22/h5-7,9-18,21H,3-4,8,19-20H2,1-2H3/t21-/m1/s1. The highest BCUT2D eigenvalue weighted by molar-refractivity contribution is 7.99. The van der Waals surface area contributed by atoms with Gasteiger partial charge in [0.1, 0.15) is 12.4 Å². The number of rotatable bonds is 11. The number of unbranched alkanes of at least 4 members (excludes halogenated alkanes) is 2. The Morgan fingerprint density at radius 1 is 0.871 bits per heavy atom. The maximum atomic E-state index is 12.2. The molecule has 0 saturated heterocycles. The van der Waals surface area contributed by atoms with E-state index in [-0.39, 0.29) is 12.6 Å². The Hall–Kier alpha value is -2.72. The van der Waals surface area contributed by atoms with Crippen LogP contribution < -0.4 is 4.74 Å². The number of hydrogen-bond acceptors (Lipinski definition) is 4. The fraction of sp³-hybridized carbons (Fsp3) is 0.296. The van der Waals surface area contributed by atoms with E-state index < -0.39 is 6.10 Å². The summed E-state index contributed by atoms with van der Waals surface area (Å²) in [5.74, 6) is 1.45. The van der Waals surface area contributed by atoms with Crippen molar-refractivity contribution in [2.45, 2.75) is 50.7 Å². The van der Waals surface area contributed by atoms with Crippen LogP contribution in [0.25, 0.3) is 11.1 Å². The fourth-order valence-electron chi connectivity index (χ4n) is 3.11. The second-order valence-electron chi connectivity index (χ2n) is 7.46. The van der Waals surface area contributed by atoms with E-state index in [4.69, 9.17) is 9.47 Å². The number of carbonyl (C=O) groups excluding carboxylic acids is 1. The Kier molecular flexibility index (Phi) is 9.04.